The van der Waals surface area contributed by atoms with Gasteiger partial charge in [-0.15, -0.1) is 0 Å². The standard InChI is InChI=1S/C13H13Cl2N3O/c14-7-3-10(15)9-5-12(18-11(9)4-7)13(19)17-8-1-2-16-6-8/h3-5,8,16,18H,1-2,6H2,(H,17,19). The van der Waals surface area contributed by atoms with Gasteiger partial charge in [-0.05, 0) is 31.2 Å². The second-order valence-corrected chi connectivity index (χ2v) is 5.54. The van der Waals surface area contributed by atoms with Gasteiger partial charge in [0.15, 0.2) is 0 Å². The van der Waals surface area contributed by atoms with Crippen LogP contribution in [-0.4, -0.2) is 30.0 Å². The van der Waals surface area contributed by atoms with E-state index in [4.69, 9.17) is 23.2 Å². The molecule has 1 saturated heterocycles. The van der Waals surface area contributed by atoms with Gasteiger partial charge in [0.1, 0.15) is 5.69 Å². The summed E-state index contributed by atoms with van der Waals surface area (Å²) in [5.41, 5.74) is 1.28. The molecule has 100 valence electrons. The van der Waals surface area contributed by atoms with E-state index in [-0.39, 0.29) is 11.9 Å². The van der Waals surface area contributed by atoms with E-state index in [0.29, 0.717) is 15.7 Å². The van der Waals surface area contributed by atoms with Crippen LogP contribution in [0, 0.1) is 0 Å². The molecule has 2 heterocycles. The van der Waals surface area contributed by atoms with Crippen molar-refractivity contribution in [3.63, 3.8) is 0 Å². The van der Waals surface area contributed by atoms with Crippen LogP contribution < -0.4 is 10.6 Å². The Labute approximate surface area is 120 Å². The zero-order valence-corrected chi connectivity index (χ0v) is 11.6. The van der Waals surface area contributed by atoms with Crippen LogP contribution in [0.1, 0.15) is 16.9 Å². The molecule has 1 amide bonds. The van der Waals surface area contributed by atoms with Crippen LogP contribution in [0.4, 0.5) is 0 Å². The van der Waals surface area contributed by atoms with Crippen LogP contribution in [0.3, 0.4) is 0 Å². The van der Waals surface area contributed by atoms with Crippen molar-refractivity contribution in [2.24, 2.45) is 0 Å². The molecule has 2 aromatic rings. The van der Waals surface area contributed by atoms with Gasteiger partial charge >= 0.3 is 0 Å². The summed E-state index contributed by atoms with van der Waals surface area (Å²) < 4.78 is 0. The summed E-state index contributed by atoms with van der Waals surface area (Å²) in [6, 6.07) is 5.38. The minimum absolute atomic E-state index is 0.114. The first-order valence-electron chi connectivity index (χ1n) is 6.13. The fourth-order valence-corrected chi connectivity index (χ4v) is 2.87. The number of carbonyl (C=O) groups excluding carboxylic acids is 1. The Balaban J connectivity index is 1.88. The molecular formula is C13H13Cl2N3O. The van der Waals surface area contributed by atoms with Crippen LogP contribution in [0.15, 0.2) is 18.2 Å². The highest BCUT2D eigenvalue weighted by molar-refractivity contribution is 6.38. The summed E-state index contributed by atoms with van der Waals surface area (Å²) >= 11 is 12.0. The molecule has 0 saturated carbocycles. The molecule has 3 rings (SSSR count). The highest BCUT2D eigenvalue weighted by atomic mass is 35.5. The van der Waals surface area contributed by atoms with E-state index >= 15 is 0 Å². The maximum Gasteiger partial charge on any atom is 0.267 e. The molecule has 1 aromatic heterocycles. The number of aromatic amines is 1. The Kier molecular flexibility index (Phi) is 3.39. The van der Waals surface area contributed by atoms with Crippen molar-refractivity contribution in [1.82, 2.24) is 15.6 Å². The van der Waals surface area contributed by atoms with Gasteiger partial charge in [-0.25, -0.2) is 0 Å². The number of rotatable bonds is 2. The van der Waals surface area contributed by atoms with Crippen LogP contribution in [0.5, 0.6) is 0 Å². The molecule has 4 nitrogen and oxygen atoms in total. The van der Waals surface area contributed by atoms with Gasteiger partial charge in [0.25, 0.3) is 5.91 Å². The number of H-pyrrole nitrogens is 1. The van der Waals surface area contributed by atoms with Gasteiger partial charge in [0.05, 0.1) is 5.02 Å². The molecule has 19 heavy (non-hydrogen) atoms. The van der Waals surface area contributed by atoms with Crippen LogP contribution >= 0.6 is 23.2 Å². The van der Waals surface area contributed by atoms with E-state index in [2.05, 4.69) is 15.6 Å². The summed E-state index contributed by atoms with van der Waals surface area (Å²) in [7, 11) is 0. The van der Waals surface area contributed by atoms with E-state index in [1.807, 2.05) is 0 Å². The molecule has 6 heteroatoms. The first-order valence-corrected chi connectivity index (χ1v) is 6.88. The number of hydrogen-bond donors (Lipinski definition) is 3. The lowest BCUT2D eigenvalue weighted by Crippen LogP contribution is -2.36. The number of hydrogen-bond acceptors (Lipinski definition) is 2. The second-order valence-electron chi connectivity index (χ2n) is 4.70. The zero-order chi connectivity index (χ0) is 13.4. The molecule has 0 spiro atoms. The van der Waals surface area contributed by atoms with E-state index in [1.54, 1.807) is 18.2 Å². The van der Waals surface area contributed by atoms with Gasteiger partial charge in [-0.1, -0.05) is 23.2 Å². The summed E-state index contributed by atoms with van der Waals surface area (Å²) in [5, 5.41) is 8.09. The van der Waals surface area contributed by atoms with Crippen molar-refractivity contribution in [2.75, 3.05) is 13.1 Å². The summed E-state index contributed by atoms with van der Waals surface area (Å²) in [6.07, 6.45) is 0.957. The molecule has 1 fully saturated rings. The zero-order valence-electron chi connectivity index (χ0n) is 10.1. The lowest BCUT2D eigenvalue weighted by molar-refractivity contribution is 0.0936. The predicted octanol–water partition coefficient (Wildman–Crippen LogP) is 2.57. The smallest absolute Gasteiger partial charge is 0.267 e. The Bertz CT molecular complexity index is 632. The van der Waals surface area contributed by atoms with Crippen LogP contribution in [-0.2, 0) is 0 Å². The number of aromatic nitrogens is 1. The summed E-state index contributed by atoms with van der Waals surface area (Å²) in [4.78, 5) is 15.2. The normalized spacial score (nSPS) is 18.9. The van der Waals surface area contributed by atoms with Crippen molar-refractivity contribution in [2.45, 2.75) is 12.5 Å². The van der Waals surface area contributed by atoms with Crippen molar-refractivity contribution >= 4 is 40.0 Å². The molecular weight excluding hydrogens is 285 g/mol. The average Bonchev–Trinajstić information content (AvgIpc) is 2.97. The average molecular weight is 298 g/mol. The molecule has 0 aliphatic carbocycles. The Morgan fingerprint density at radius 2 is 2.16 bits per heavy atom. The fourth-order valence-electron chi connectivity index (χ4n) is 2.32. The van der Waals surface area contributed by atoms with Crippen molar-refractivity contribution < 1.29 is 4.79 Å². The van der Waals surface area contributed by atoms with E-state index in [0.717, 1.165) is 30.4 Å². The van der Waals surface area contributed by atoms with Gasteiger partial charge in [0.2, 0.25) is 0 Å². The third-order valence-corrected chi connectivity index (χ3v) is 3.82. The number of carbonyl (C=O) groups is 1. The Hall–Kier alpha value is -1.23. The number of benzene rings is 1. The largest absolute Gasteiger partial charge is 0.350 e. The van der Waals surface area contributed by atoms with E-state index in [9.17, 15) is 4.79 Å². The second kappa shape index (κ2) is 5.04. The van der Waals surface area contributed by atoms with Gasteiger partial charge in [-0.2, -0.15) is 0 Å². The van der Waals surface area contributed by atoms with Crippen LogP contribution in [0.2, 0.25) is 10.0 Å². The first kappa shape index (κ1) is 12.8. The first-order chi connectivity index (χ1) is 9.13. The lowest BCUT2D eigenvalue weighted by Gasteiger charge is -2.09. The molecule has 0 radical (unpaired) electrons. The summed E-state index contributed by atoms with van der Waals surface area (Å²) in [5.74, 6) is -0.114. The minimum Gasteiger partial charge on any atom is -0.350 e. The van der Waals surface area contributed by atoms with E-state index in [1.165, 1.54) is 0 Å². The molecule has 1 aromatic carbocycles. The Morgan fingerprint density at radius 3 is 2.89 bits per heavy atom. The fraction of sp³-hybridized carbons (Fsp3) is 0.308. The Morgan fingerprint density at radius 1 is 1.32 bits per heavy atom. The predicted molar refractivity (Wildman–Crippen MR) is 77.1 cm³/mol. The van der Waals surface area contributed by atoms with E-state index < -0.39 is 0 Å². The number of halogens is 2. The third kappa shape index (κ3) is 2.56. The molecule has 1 atom stereocenters. The molecule has 1 aliphatic rings. The van der Waals surface area contributed by atoms with Crippen molar-refractivity contribution in [3.05, 3.63) is 33.9 Å². The third-order valence-electron chi connectivity index (χ3n) is 3.29. The lowest BCUT2D eigenvalue weighted by atomic mass is 10.2. The number of amides is 1. The maximum atomic E-state index is 12.1. The van der Waals surface area contributed by atoms with Crippen molar-refractivity contribution in [1.29, 1.82) is 0 Å². The molecule has 0 bridgehead atoms. The van der Waals surface area contributed by atoms with Gasteiger partial charge < -0.3 is 15.6 Å². The molecule has 1 aliphatic heterocycles. The molecule has 1 unspecified atom stereocenters. The topological polar surface area (TPSA) is 56.9 Å². The maximum absolute atomic E-state index is 12.1. The number of nitrogens with one attached hydrogen (secondary N) is 3. The van der Waals surface area contributed by atoms with Crippen molar-refractivity contribution in [3.8, 4) is 0 Å². The number of fused-ring (bicyclic) bond motifs is 1. The van der Waals surface area contributed by atoms with Crippen LogP contribution in [0.25, 0.3) is 10.9 Å². The molecule has 3 N–H and O–H groups in total. The minimum atomic E-state index is -0.114. The monoisotopic (exact) mass is 297 g/mol. The highest BCUT2D eigenvalue weighted by Crippen LogP contribution is 2.28. The summed E-state index contributed by atoms with van der Waals surface area (Å²) in [6.45, 7) is 1.76. The quantitative estimate of drug-likeness (QED) is 0.798. The SMILES string of the molecule is O=C(NC1CCNC1)c1cc2c(Cl)cc(Cl)cc2[nH]1. The van der Waals surface area contributed by atoms with Gasteiger partial charge in [0, 0.05) is 28.5 Å². The highest BCUT2D eigenvalue weighted by Gasteiger charge is 2.19. The van der Waals surface area contributed by atoms with Gasteiger partial charge in [-0.3, -0.25) is 4.79 Å².